The molecule has 0 saturated carbocycles. The van der Waals surface area contributed by atoms with E-state index < -0.39 is 5.91 Å². The Hall–Kier alpha value is -2.12. The van der Waals surface area contributed by atoms with Gasteiger partial charge in [-0.1, -0.05) is 0 Å². The van der Waals surface area contributed by atoms with Crippen LogP contribution in [0.25, 0.3) is 0 Å². The van der Waals surface area contributed by atoms with Gasteiger partial charge in [0.1, 0.15) is 5.00 Å². The first-order valence-corrected chi connectivity index (χ1v) is 8.92. The number of aromatic nitrogens is 1. The van der Waals surface area contributed by atoms with Crippen molar-refractivity contribution in [2.45, 2.75) is 31.8 Å². The van der Waals surface area contributed by atoms with Gasteiger partial charge in [-0.25, -0.2) is 0 Å². The minimum absolute atomic E-state index is 0.110. The van der Waals surface area contributed by atoms with Gasteiger partial charge >= 0.3 is 0 Å². The van der Waals surface area contributed by atoms with Crippen LogP contribution in [0.15, 0.2) is 29.8 Å². The predicted molar refractivity (Wildman–Crippen MR) is 95.0 cm³/mol. The van der Waals surface area contributed by atoms with E-state index in [1.54, 1.807) is 11.4 Å². The summed E-state index contributed by atoms with van der Waals surface area (Å²) in [6.45, 7) is 2.80. The highest BCUT2D eigenvalue weighted by atomic mass is 32.1. The topological polar surface area (TPSA) is 80.4 Å². The molecule has 3 rings (SSSR count). The smallest absolute Gasteiger partial charge is 0.251 e. The quantitative estimate of drug-likeness (QED) is 0.872. The maximum Gasteiger partial charge on any atom is 0.251 e. The molecule has 1 fully saturated rings. The minimum atomic E-state index is -0.526. The van der Waals surface area contributed by atoms with E-state index in [0.717, 1.165) is 19.4 Å². The summed E-state index contributed by atoms with van der Waals surface area (Å²) in [4.78, 5) is 26.3. The van der Waals surface area contributed by atoms with E-state index in [0.29, 0.717) is 10.6 Å². The lowest BCUT2D eigenvalue weighted by Gasteiger charge is -2.30. The number of anilines is 1. The monoisotopic (exact) mass is 346 g/mol. The van der Waals surface area contributed by atoms with Gasteiger partial charge in [0.2, 0.25) is 5.91 Å². The summed E-state index contributed by atoms with van der Waals surface area (Å²) in [5.74, 6) is -0.636. The zero-order chi connectivity index (χ0) is 17.3. The van der Waals surface area contributed by atoms with Gasteiger partial charge in [0.05, 0.1) is 17.6 Å². The van der Waals surface area contributed by atoms with Crippen molar-refractivity contribution in [2.24, 2.45) is 12.8 Å². The molecule has 0 radical (unpaired) electrons. The van der Waals surface area contributed by atoms with Crippen molar-refractivity contribution in [1.29, 1.82) is 0 Å². The average Bonchev–Trinajstić information content (AvgIpc) is 3.25. The fourth-order valence-electron chi connectivity index (χ4n) is 3.36. The van der Waals surface area contributed by atoms with E-state index >= 15 is 0 Å². The maximum absolute atomic E-state index is 12.7. The van der Waals surface area contributed by atoms with Crippen LogP contribution in [0.5, 0.6) is 0 Å². The van der Waals surface area contributed by atoms with Gasteiger partial charge in [-0.05, 0) is 49.9 Å². The number of amides is 2. The Morgan fingerprint density at radius 2 is 2.21 bits per heavy atom. The van der Waals surface area contributed by atoms with Crippen molar-refractivity contribution >= 4 is 28.2 Å². The molecule has 6 nitrogen and oxygen atoms in total. The van der Waals surface area contributed by atoms with Crippen molar-refractivity contribution in [2.75, 3.05) is 11.9 Å². The van der Waals surface area contributed by atoms with Crippen molar-refractivity contribution < 1.29 is 9.59 Å². The number of carbonyl (C=O) groups excluding carboxylic acids is 2. The summed E-state index contributed by atoms with van der Waals surface area (Å²) in [6.07, 6.45) is 4.14. The summed E-state index contributed by atoms with van der Waals surface area (Å²) in [5.41, 5.74) is 6.92. The molecule has 1 saturated heterocycles. The molecule has 0 aliphatic carbocycles. The molecule has 0 spiro atoms. The van der Waals surface area contributed by atoms with Crippen LogP contribution in [0.2, 0.25) is 0 Å². The van der Waals surface area contributed by atoms with Gasteiger partial charge in [0, 0.05) is 18.9 Å². The molecule has 3 heterocycles. The third kappa shape index (κ3) is 3.09. The van der Waals surface area contributed by atoms with Crippen LogP contribution in [0.3, 0.4) is 0 Å². The van der Waals surface area contributed by atoms with Crippen LogP contribution >= 0.6 is 11.3 Å². The van der Waals surface area contributed by atoms with E-state index in [1.165, 1.54) is 17.0 Å². The molecule has 128 valence electrons. The lowest BCUT2D eigenvalue weighted by molar-refractivity contribution is -0.121. The standard InChI is InChI=1S/C17H22N4O2S/c1-11(16(23)19-17-12(15(18)22)7-10-24-17)21-9-4-6-14(21)13-5-3-8-20(13)2/h3,5,7-8,10-11,14H,4,6,9H2,1-2H3,(H2,18,22)(H,19,23). The largest absolute Gasteiger partial charge is 0.366 e. The van der Waals surface area contributed by atoms with Crippen molar-refractivity contribution in [1.82, 2.24) is 9.47 Å². The second-order valence-corrected chi connectivity index (χ2v) is 7.05. The van der Waals surface area contributed by atoms with E-state index in [9.17, 15) is 9.59 Å². The van der Waals surface area contributed by atoms with Crippen LogP contribution < -0.4 is 11.1 Å². The van der Waals surface area contributed by atoms with Gasteiger partial charge in [0.25, 0.3) is 5.91 Å². The first kappa shape index (κ1) is 16.7. The lowest BCUT2D eigenvalue weighted by Crippen LogP contribution is -2.42. The van der Waals surface area contributed by atoms with E-state index in [4.69, 9.17) is 5.73 Å². The molecule has 24 heavy (non-hydrogen) atoms. The average molecular weight is 346 g/mol. The first-order valence-electron chi connectivity index (χ1n) is 8.04. The Morgan fingerprint density at radius 1 is 1.42 bits per heavy atom. The molecular formula is C17H22N4O2S. The Kier molecular flexibility index (Phi) is 4.73. The Morgan fingerprint density at radius 3 is 2.88 bits per heavy atom. The highest BCUT2D eigenvalue weighted by Gasteiger charge is 2.34. The zero-order valence-corrected chi connectivity index (χ0v) is 14.7. The fraction of sp³-hybridized carbons (Fsp3) is 0.412. The van der Waals surface area contributed by atoms with E-state index in [1.807, 2.05) is 26.2 Å². The number of hydrogen-bond acceptors (Lipinski definition) is 4. The number of rotatable bonds is 5. The Bertz CT molecular complexity index is 751. The molecule has 0 bridgehead atoms. The molecule has 2 unspecified atom stereocenters. The number of carbonyl (C=O) groups is 2. The van der Waals surface area contributed by atoms with Crippen molar-refractivity contribution in [3.8, 4) is 0 Å². The molecule has 2 amide bonds. The van der Waals surface area contributed by atoms with Crippen LogP contribution in [-0.4, -0.2) is 33.9 Å². The van der Waals surface area contributed by atoms with E-state index in [2.05, 4.69) is 20.9 Å². The molecule has 7 heteroatoms. The predicted octanol–water partition coefficient (Wildman–Crippen LogP) is 2.35. The summed E-state index contributed by atoms with van der Waals surface area (Å²) in [6, 6.07) is 5.73. The summed E-state index contributed by atoms with van der Waals surface area (Å²) >= 11 is 1.31. The van der Waals surface area contributed by atoms with Gasteiger partial charge < -0.3 is 15.6 Å². The molecular weight excluding hydrogens is 324 g/mol. The summed E-state index contributed by atoms with van der Waals surface area (Å²) in [5, 5.41) is 5.13. The van der Waals surface area contributed by atoms with Gasteiger partial charge in [0.15, 0.2) is 0 Å². The zero-order valence-electron chi connectivity index (χ0n) is 13.9. The Labute approximate surface area is 145 Å². The van der Waals surface area contributed by atoms with Crippen molar-refractivity contribution in [3.63, 3.8) is 0 Å². The number of nitrogens with two attached hydrogens (primary N) is 1. The first-order chi connectivity index (χ1) is 11.5. The van der Waals surface area contributed by atoms with Crippen molar-refractivity contribution in [3.05, 3.63) is 41.0 Å². The highest BCUT2D eigenvalue weighted by Crippen LogP contribution is 2.34. The number of nitrogens with zero attached hydrogens (tertiary/aromatic N) is 2. The van der Waals surface area contributed by atoms with E-state index in [-0.39, 0.29) is 18.0 Å². The maximum atomic E-state index is 12.7. The van der Waals surface area contributed by atoms with Crippen LogP contribution in [-0.2, 0) is 11.8 Å². The summed E-state index contributed by atoms with van der Waals surface area (Å²) < 4.78 is 2.11. The molecule has 2 aromatic rings. The fourth-order valence-corrected chi connectivity index (χ4v) is 4.15. The van der Waals surface area contributed by atoms with Crippen LogP contribution in [0.1, 0.15) is 41.9 Å². The number of primary amides is 1. The number of aryl methyl sites for hydroxylation is 1. The van der Waals surface area contributed by atoms with Gasteiger partial charge in [-0.2, -0.15) is 0 Å². The highest BCUT2D eigenvalue weighted by molar-refractivity contribution is 7.14. The molecule has 1 aliphatic heterocycles. The van der Waals surface area contributed by atoms with Crippen LogP contribution in [0, 0.1) is 0 Å². The number of likely N-dealkylation sites (tertiary alicyclic amines) is 1. The van der Waals surface area contributed by atoms with Gasteiger partial charge in [-0.3, -0.25) is 14.5 Å². The number of thiophene rings is 1. The lowest BCUT2D eigenvalue weighted by atomic mass is 10.1. The third-order valence-corrected chi connectivity index (χ3v) is 5.49. The second-order valence-electron chi connectivity index (χ2n) is 6.13. The molecule has 1 aliphatic rings. The molecule has 2 aromatic heterocycles. The minimum Gasteiger partial charge on any atom is -0.366 e. The second kappa shape index (κ2) is 6.78. The molecule has 3 N–H and O–H groups in total. The molecule has 2 atom stereocenters. The van der Waals surface area contributed by atoms with Crippen LogP contribution in [0.4, 0.5) is 5.00 Å². The SMILES string of the molecule is CC(C(=O)Nc1sccc1C(N)=O)N1CCCC1c1cccn1C. The number of hydrogen-bond donors (Lipinski definition) is 2. The summed E-state index contributed by atoms with van der Waals surface area (Å²) in [7, 11) is 2.03. The Balaban J connectivity index is 1.74. The molecule has 0 aromatic carbocycles. The normalized spacial score (nSPS) is 19.3. The number of nitrogens with one attached hydrogen (secondary N) is 1. The third-order valence-electron chi connectivity index (χ3n) is 4.66. The van der Waals surface area contributed by atoms with Gasteiger partial charge in [-0.15, -0.1) is 11.3 Å².